The molecule has 7 rings (SSSR count). The lowest BCUT2D eigenvalue weighted by Crippen LogP contribution is -1.87. The maximum atomic E-state index is 2.35. The molecule has 0 spiro atoms. The van der Waals surface area contributed by atoms with Crippen LogP contribution < -0.4 is 0 Å². The van der Waals surface area contributed by atoms with Crippen molar-refractivity contribution >= 4 is 43.1 Å². The van der Waals surface area contributed by atoms with Crippen molar-refractivity contribution in [2.75, 3.05) is 0 Å². The molecule has 6 aromatic carbocycles. The van der Waals surface area contributed by atoms with E-state index in [-0.39, 0.29) is 0 Å². The Hall–Kier alpha value is -3.64. The van der Waals surface area contributed by atoms with E-state index in [2.05, 4.69) is 97.1 Å². The van der Waals surface area contributed by atoms with Crippen molar-refractivity contribution in [1.82, 2.24) is 0 Å². The molecule has 0 fully saturated rings. The fourth-order valence-electron chi connectivity index (χ4n) is 5.44. The van der Waals surface area contributed by atoms with Gasteiger partial charge < -0.3 is 0 Å². The van der Waals surface area contributed by atoms with Crippen LogP contribution in [0.2, 0.25) is 0 Å². The average molecular weight is 366 g/mol. The molecule has 0 amide bonds. The van der Waals surface area contributed by atoms with Crippen molar-refractivity contribution in [2.45, 2.75) is 6.42 Å². The number of hydrogen-bond acceptors (Lipinski definition) is 0. The van der Waals surface area contributed by atoms with Gasteiger partial charge in [-0.15, -0.1) is 0 Å². The van der Waals surface area contributed by atoms with Crippen molar-refractivity contribution in [3.05, 3.63) is 108 Å². The molecule has 0 heterocycles. The summed E-state index contributed by atoms with van der Waals surface area (Å²) in [7, 11) is 0. The summed E-state index contributed by atoms with van der Waals surface area (Å²) in [5.41, 5.74) is 5.77. The van der Waals surface area contributed by atoms with Gasteiger partial charge in [0.2, 0.25) is 0 Å². The van der Waals surface area contributed by atoms with Crippen LogP contribution in [-0.4, -0.2) is 0 Å². The first-order valence-corrected chi connectivity index (χ1v) is 10.3. The van der Waals surface area contributed by atoms with Crippen molar-refractivity contribution in [2.24, 2.45) is 0 Å². The molecule has 0 aliphatic heterocycles. The van der Waals surface area contributed by atoms with E-state index in [1.54, 1.807) is 0 Å². The molecule has 0 heteroatoms. The van der Waals surface area contributed by atoms with Gasteiger partial charge in [-0.2, -0.15) is 0 Å². The molecule has 0 N–H and O–H groups in total. The normalized spacial score (nSPS) is 12.7. The maximum absolute atomic E-state index is 2.35. The highest BCUT2D eigenvalue weighted by Gasteiger charge is 2.24. The smallest absolute Gasteiger partial charge is 0.000705 e. The van der Waals surface area contributed by atoms with Crippen LogP contribution in [0.4, 0.5) is 0 Å². The van der Waals surface area contributed by atoms with Crippen LogP contribution in [0.3, 0.4) is 0 Å². The Balaban J connectivity index is 1.73. The highest BCUT2D eigenvalue weighted by atomic mass is 14.3. The fourth-order valence-corrected chi connectivity index (χ4v) is 5.44. The van der Waals surface area contributed by atoms with Crippen molar-refractivity contribution in [3.8, 4) is 11.1 Å². The molecule has 6 aromatic rings. The van der Waals surface area contributed by atoms with Crippen LogP contribution in [0, 0.1) is 0 Å². The molecule has 1 aliphatic rings. The van der Waals surface area contributed by atoms with Crippen LogP contribution in [0.1, 0.15) is 11.1 Å². The molecule has 0 saturated heterocycles. The Bertz CT molecular complexity index is 1580. The third kappa shape index (κ3) is 1.93. The largest absolute Gasteiger partial charge is 0.0616 e. The van der Waals surface area contributed by atoms with E-state index in [0.29, 0.717) is 0 Å². The van der Waals surface area contributed by atoms with E-state index < -0.39 is 0 Å². The first-order valence-electron chi connectivity index (χ1n) is 10.3. The van der Waals surface area contributed by atoms with Crippen molar-refractivity contribution in [3.63, 3.8) is 0 Å². The van der Waals surface area contributed by atoms with Gasteiger partial charge in [-0.1, -0.05) is 97.1 Å². The Labute approximate surface area is 169 Å². The van der Waals surface area contributed by atoms with Gasteiger partial charge in [0.15, 0.2) is 0 Å². The summed E-state index contributed by atoms with van der Waals surface area (Å²) in [6, 6.07) is 35.8. The van der Waals surface area contributed by atoms with Crippen molar-refractivity contribution < 1.29 is 0 Å². The molecular weight excluding hydrogens is 348 g/mol. The summed E-state index contributed by atoms with van der Waals surface area (Å²) >= 11 is 0. The molecule has 0 saturated carbocycles. The van der Waals surface area contributed by atoms with Gasteiger partial charge in [-0.05, 0) is 71.8 Å². The van der Waals surface area contributed by atoms with E-state index >= 15 is 0 Å². The molecule has 134 valence electrons. The number of fused-ring (bicyclic) bond motifs is 12. The molecule has 0 aromatic heterocycles. The molecule has 0 bridgehead atoms. The average Bonchev–Trinajstić information content (AvgIpc) is 3.18. The molecule has 0 nitrogen and oxygen atoms in total. The highest BCUT2D eigenvalue weighted by molar-refractivity contribution is 6.29. The van der Waals surface area contributed by atoms with Crippen LogP contribution in [0.5, 0.6) is 0 Å². The molecule has 0 unspecified atom stereocenters. The molecular formula is C29H18. The molecule has 0 radical (unpaired) electrons. The Morgan fingerprint density at radius 3 is 1.79 bits per heavy atom. The Morgan fingerprint density at radius 1 is 0.448 bits per heavy atom. The maximum Gasteiger partial charge on any atom is -0.000705 e. The van der Waals surface area contributed by atoms with Crippen LogP contribution >= 0.6 is 0 Å². The number of benzene rings is 6. The van der Waals surface area contributed by atoms with Crippen LogP contribution in [0.25, 0.3) is 54.2 Å². The summed E-state index contributed by atoms with van der Waals surface area (Å²) in [5.74, 6) is 0. The minimum atomic E-state index is 1.02. The predicted molar refractivity (Wildman–Crippen MR) is 125 cm³/mol. The zero-order valence-corrected chi connectivity index (χ0v) is 15.9. The molecule has 29 heavy (non-hydrogen) atoms. The Kier molecular flexibility index (Phi) is 2.88. The first-order chi connectivity index (χ1) is 14.4. The van der Waals surface area contributed by atoms with E-state index in [9.17, 15) is 0 Å². The molecule has 1 aliphatic carbocycles. The van der Waals surface area contributed by atoms with Gasteiger partial charge in [0.1, 0.15) is 0 Å². The first kappa shape index (κ1) is 15.3. The van der Waals surface area contributed by atoms with E-state index in [1.807, 2.05) is 0 Å². The zero-order chi connectivity index (χ0) is 18.9. The second-order valence-electron chi connectivity index (χ2n) is 8.10. The second kappa shape index (κ2) is 5.46. The number of rotatable bonds is 0. The lowest BCUT2D eigenvalue weighted by atomic mass is 9.89. The third-order valence-electron chi connectivity index (χ3n) is 6.67. The Morgan fingerprint density at radius 2 is 1.03 bits per heavy atom. The fraction of sp³-hybridized carbons (Fsp3) is 0.0345. The minimum absolute atomic E-state index is 1.02. The zero-order valence-electron chi connectivity index (χ0n) is 15.9. The second-order valence-corrected chi connectivity index (χ2v) is 8.10. The van der Waals surface area contributed by atoms with Crippen LogP contribution in [0.15, 0.2) is 97.1 Å². The summed E-state index contributed by atoms with van der Waals surface area (Å²) in [6.45, 7) is 0. The van der Waals surface area contributed by atoms with Crippen molar-refractivity contribution in [1.29, 1.82) is 0 Å². The van der Waals surface area contributed by atoms with Gasteiger partial charge in [0.05, 0.1) is 0 Å². The van der Waals surface area contributed by atoms with Gasteiger partial charge in [-0.25, -0.2) is 0 Å². The summed E-state index contributed by atoms with van der Waals surface area (Å²) in [6.07, 6.45) is 1.02. The van der Waals surface area contributed by atoms with Gasteiger partial charge in [0, 0.05) is 0 Å². The van der Waals surface area contributed by atoms with E-state index in [0.717, 1.165) is 6.42 Å². The quantitative estimate of drug-likeness (QED) is 0.240. The van der Waals surface area contributed by atoms with Gasteiger partial charge >= 0.3 is 0 Å². The monoisotopic (exact) mass is 366 g/mol. The molecule has 0 atom stereocenters. The topological polar surface area (TPSA) is 0 Å². The summed E-state index contributed by atoms with van der Waals surface area (Å²) in [5, 5.41) is 10.9. The standard InChI is InChI=1S/C29H18/c1-2-8-20-18(7-1)13-15-26-27(20)17-19-14-16-25-23-11-4-3-9-21(23)22-10-5-6-12-24(22)29(25)28(19)26/h1-16H,17H2. The van der Waals surface area contributed by atoms with Gasteiger partial charge in [-0.3, -0.25) is 0 Å². The summed E-state index contributed by atoms with van der Waals surface area (Å²) in [4.78, 5) is 0. The third-order valence-corrected chi connectivity index (χ3v) is 6.67. The van der Waals surface area contributed by atoms with Gasteiger partial charge in [0.25, 0.3) is 0 Å². The van der Waals surface area contributed by atoms with Crippen LogP contribution in [-0.2, 0) is 6.42 Å². The summed E-state index contributed by atoms with van der Waals surface area (Å²) < 4.78 is 0. The lowest BCUT2D eigenvalue weighted by molar-refractivity contribution is 1.29. The predicted octanol–water partition coefficient (Wildman–Crippen LogP) is 7.87. The minimum Gasteiger partial charge on any atom is -0.0616 e. The number of hydrogen-bond donors (Lipinski definition) is 0. The van der Waals surface area contributed by atoms with E-state index in [4.69, 9.17) is 0 Å². The van der Waals surface area contributed by atoms with E-state index in [1.165, 1.54) is 65.3 Å². The highest BCUT2D eigenvalue weighted by Crippen LogP contribution is 2.47. The SMILES string of the molecule is c1ccc2c3c(ccc2c1)-c1c(ccc2c4ccccc4c4ccccc4c12)C3. The lowest BCUT2D eigenvalue weighted by Gasteiger charge is -2.14.